The largest absolute Gasteiger partial charge is 0.464 e. The second kappa shape index (κ2) is 6.86. The van der Waals surface area contributed by atoms with Gasteiger partial charge in [0.15, 0.2) is 0 Å². The van der Waals surface area contributed by atoms with E-state index in [-0.39, 0.29) is 0 Å². The molecule has 1 aromatic heterocycles. The standard InChI is InChI=1S/C15H19N3O2/c1-18-11-13(10-17-18)14(16)15(19)20-9-5-8-12-6-3-2-4-7-12/h2-4,6-7,10-11,14H,5,8-9,16H2,1H3. The molecule has 5 heteroatoms. The highest BCUT2D eigenvalue weighted by Gasteiger charge is 2.18. The predicted octanol–water partition coefficient (Wildman–Crippen LogP) is 1.60. The minimum atomic E-state index is -0.763. The molecule has 0 aliphatic carbocycles. The van der Waals surface area contributed by atoms with Crippen LogP contribution in [0.5, 0.6) is 0 Å². The molecule has 0 radical (unpaired) electrons. The van der Waals surface area contributed by atoms with E-state index in [0.717, 1.165) is 12.8 Å². The van der Waals surface area contributed by atoms with Gasteiger partial charge in [0, 0.05) is 18.8 Å². The van der Waals surface area contributed by atoms with E-state index in [1.165, 1.54) is 5.56 Å². The topological polar surface area (TPSA) is 70.1 Å². The fraction of sp³-hybridized carbons (Fsp3) is 0.333. The maximum Gasteiger partial charge on any atom is 0.327 e. The molecule has 1 aromatic carbocycles. The van der Waals surface area contributed by atoms with Crippen LogP contribution < -0.4 is 5.73 Å². The third-order valence-corrected chi connectivity index (χ3v) is 3.03. The molecular weight excluding hydrogens is 254 g/mol. The van der Waals surface area contributed by atoms with Crippen molar-refractivity contribution in [3.05, 3.63) is 53.9 Å². The zero-order chi connectivity index (χ0) is 14.4. The number of hydrogen-bond donors (Lipinski definition) is 1. The van der Waals surface area contributed by atoms with Gasteiger partial charge in [0.2, 0.25) is 0 Å². The molecule has 0 saturated carbocycles. The zero-order valence-corrected chi connectivity index (χ0v) is 11.5. The second-order valence-corrected chi connectivity index (χ2v) is 4.68. The number of hydrogen-bond acceptors (Lipinski definition) is 4. The van der Waals surface area contributed by atoms with E-state index in [1.807, 2.05) is 18.2 Å². The monoisotopic (exact) mass is 273 g/mol. The average Bonchev–Trinajstić information content (AvgIpc) is 2.90. The van der Waals surface area contributed by atoms with Gasteiger partial charge in [0.05, 0.1) is 12.8 Å². The molecule has 2 aromatic rings. The number of aryl methyl sites for hydroxylation is 2. The van der Waals surface area contributed by atoms with Crippen molar-refractivity contribution in [3.8, 4) is 0 Å². The van der Waals surface area contributed by atoms with Crippen molar-refractivity contribution in [3.63, 3.8) is 0 Å². The molecule has 106 valence electrons. The van der Waals surface area contributed by atoms with Crippen LogP contribution in [0.4, 0.5) is 0 Å². The number of carbonyl (C=O) groups excluding carboxylic acids is 1. The van der Waals surface area contributed by atoms with E-state index in [9.17, 15) is 4.79 Å². The number of nitrogens with zero attached hydrogens (tertiary/aromatic N) is 2. The Morgan fingerprint density at radius 2 is 2.15 bits per heavy atom. The van der Waals surface area contributed by atoms with Crippen molar-refractivity contribution in [1.82, 2.24) is 9.78 Å². The molecule has 0 aliphatic heterocycles. The Hall–Kier alpha value is -2.14. The van der Waals surface area contributed by atoms with Gasteiger partial charge in [0.1, 0.15) is 6.04 Å². The molecular formula is C15H19N3O2. The van der Waals surface area contributed by atoms with Gasteiger partial charge in [-0.3, -0.25) is 4.68 Å². The Balaban J connectivity index is 1.72. The van der Waals surface area contributed by atoms with E-state index >= 15 is 0 Å². The van der Waals surface area contributed by atoms with Gasteiger partial charge in [-0.05, 0) is 18.4 Å². The lowest BCUT2D eigenvalue weighted by molar-refractivity contribution is -0.145. The Kier molecular flexibility index (Phi) is 4.90. The molecule has 5 nitrogen and oxygen atoms in total. The van der Waals surface area contributed by atoms with Gasteiger partial charge in [0.25, 0.3) is 0 Å². The van der Waals surface area contributed by atoms with Crippen LogP contribution >= 0.6 is 0 Å². The first kappa shape index (κ1) is 14.3. The fourth-order valence-electron chi connectivity index (χ4n) is 1.92. The van der Waals surface area contributed by atoms with Crippen LogP contribution in [0.2, 0.25) is 0 Å². The minimum absolute atomic E-state index is 0.377. The Bertz CT molecular complexity index is 551. The molecule has 1 heterocycles. The summed E-state index contributed by atoms with van der Waals surface area (Å²) in [5.41, 5.74) is 7.72. The number of aromatic nitrogens is 2. The minimum Gasteiger partial charge on any atom is -0.464 e. The summed E-state index contributed by atoms with van der Waals surface area (Å²) in [6, 6.07) is 9.34. The highest BCUT2D eigenvalue weighted by atomic mass is 16.5. The smallest absolute Gasteiger partial charge is 0.327 e. The number of benzene rings is 1. The number of esters is 1. The van der Waals surface area contributed by atoms with Crippen molar-refractivity contribution >= 4 is 5.97 Å². The van der Waals surface area contributed by atoms with Crippen LogP contribution in [0.15, 0.2) is 42.7 Å². The molecule has 1 atom stereocenters. The molecule has 2 rings (SSSR count). The van der Waals surface area contributed by atoms with Crippen LogP contribution in [0, 0.1) is 0 Å². The van der Waals surface area contributed by atoms with Gasteiger partial charge < -0.3 is 10.5 Å². The number of ether oxygens (including phenoxy) is 1. The SMILES string of the molecule is Cn1cc(C(N)C(=O)OCCCc2ccccc2)cn1. The zero-order valence-electron chi connectivity index (χ0n) is 11.5. The van der Waals surface area contributed by atoms with Crippen molar-refractivity contribution in [2.45, 2.75) is 18.9 Å². The van der Waals surface area contributed by atoms with E-state index < -0.39 is 12.0 Å². The Morgan fingerprint density at radius 1 is 1.40 bits per heavy atom. The summed E-state index contributed by atoms with van der Waals surface area (Å²) in [4.78, 5) is 11.8. The first-order valence-electron chi connectivity index (χ1n) is 6.61. The molecule has 0 bridgehead atoms. The summed E-state index contributed by atoms with van der Waals surface area (Å²) < 4.78 is 6.80. The number of nitrogens with two attached hydrogens (primary N) is 1. The Morgan fingerprint density at radius 3 is 2.80 bits per heavy atom. The van der Waals surface area contributed by atoms with Gasteiger partial charge in [-0.2, -0.15) is 5.10 Å². The first-order chi connectivity index (χ1) is 9.66. The van der Waals surface area contributed by atoms with Crippen LogP contribution in [0.25, 0.3) is 0 Å². The molecule has 0 saturated heterocycles. The normalized spacial score (nSPS) is 12.1. The summed E-state index contributed by atoms with van der Waals surface area (Å²) >= 11 is 0. The highest BCUT2D eigenvalue weighted by Crippen LogP contribution is 2.10. The molecule has 0 fully saturated rings. The van der Waals surface area contributed by atoms with Crippen LogP contribution in [-0.2, 0) is 23.0 Å². The second-order valence-electron chi connectivity index (χ2n) is 4.68. The van der Waals surface area contributed by atoms with Gasteiger partial charge in [-0.25, -0.2) is 4.79 Å². The summed E-state index contributed by atoms with van der Waals surface area (Å²) in [5, 5.41) is 3.99. The maximum atomic E-state index is 11.8. The summed E-state index contributed by atoms with van der Waals surface area (Å²) in [6.07, 6.45) is 4.97. The average molecular weight is 273 g/mol. The number of carbonyl (C=O) groups is 1. The highest BCUT2D eigenvalue weighted by molar-refractivity contribution is 5.77. The van der Waals surface area contributed by atoms with Crippen LogP contribution in [-0.4, -0.2) is 22.4 Å². The van der Waals surface area contributed by atoms with E-state index in [0.29, 0.717) is 12.2 Å². The lowest BCUT2D eigenvalue weighted by Gasteiger charge is -2.09. The van der Waals surface area contributed by atoms with Crippen molar-refractivity contribution < 1.29 is 9.53 Å². The third kappa shape index (κ3) is 3.93. The Labute approximate surface area is 118 Å². The first-order valence-corrected chi connectivity index (χ1v) is 6.61. The molecule has 0 amide bonds. The quantitative estimate of drug-likeness (QED) is 0.641. The molecule has 2 N–H and O–H groups in total. The maximum absolute atomic E-state index is 11.8. The van der Waals surface area contributed by atoms with Crippen molar-refractivity contribution in [1.29, 1.82) is 0 Å². The molecule has 0 aliphatic rings. The van der Waals surface area contributed by atoms with Gasteiger partial charge >= 0.3 is 5.97 Å². The summed E-state index contributed by atoms with van der Waals surface area (Å²) in [7, 11) is 1.78. The molecule has 0 spiro atoms. The third-order valence-electron chi connectivity index (χ3n) is 3.03. The van der Waals surface area contributed by atoms with Crippen molar-refractivity contribution in [2.75, 3.05) is 6.61 Å². The fourth-order valence-corrected chi connectivity index (χ4v) is 1.92. The van der Waals surface area contributed by atoms with Crippen LogP contribution in [0.1, 0.15) is 23.6 Å². The number of rotatable bonds is 6. The molecule has 20 heavy (non-hydrogen) atoms. The van der Waals surface area contributed by atoms with E-state index in [4.69, 9.17) is 10.5 Å². The van der Waals surface area contributed by atoms with Gasteiger partial charge in [-0.15, -0.1) is 0 Å². The van der Waals surface area contributed by atoms with E-state index in [1.54, 1.807) is 24.1 Å². The lowest BCUT2D eigenvalue weighted by Crippen LogP contribution is -2.23. The predicted molar refractivity (Wildman–Crippen MR) is 75.9 cm³/mol. The van der Waals surface area contributed by atoms with Crippen molar-refractivity contribution in [2.24, 2.45) is 12.8 Å². The van der Waals surface area contributed by atoms with Crippen LogP contribution in [0.3, 0.4) is 0 Å². The summed E-state index contributed by atoms with van der Waals surface area (Å²) in [6.45, 7) is 0.377. The summed E-state index contributed by atoms with van der Waals surface area (Å²) in [5.74, 6) is -0.411. The van der Waals surface area contributed by atoms with Gasteiger partial charge in [-0.1, -0.05) is 30.3 Å². The lowest BCUT2D eigenvalue weighted by atomic mass is 10.1. The van der Waals surface area contributed by atoms with E-state index in [2.05, 4.69) is 17.2 Å². The molecule has 1 unspecified atom stereocenters.